The Balaban J connectivity index is 2.16. The first-order valence-electron chi connectivity index (χ1n) is 5.75. The zero-order chi connectivity index (χ0) is 13.4. The lowest BCUT2D eigenvalue weighted by Gasteiger charge is -1.97. The molecular weight excluding hydrogens is 245 g/mol. The molecule has 0 spiro atoms. The van der Waals surface area contributed by atoms with Crippen molar-refractivity contribution in [1.82, 2.24) is 14.6 Å². The first-order chi connectivity index (χ1) is 9.17. The second kappa shape index (κ2) is 4.28. The molecule has 19 heavy (non-hydrogen) atoms. The molecular formula is C14H10FN3O. The van der Waals surface area contributed by atoms with Crippen LogP contribution in [-0.4, -0.2) is 20.9 Å². The number of carbonyl (C=O) groups excluding carboxylic acids is 1. The average molecular weight is 255 g/mol. The van der Waals surface area contributed by atoms with E-state index < -0.39 is 0 Å². The highest BCUT2D eigenvalue weighted by atomic mass is 19.1. The van der Waals surface area contributed by atoms with Gasteiger partial charge >= 0.3 is 0 Å². The van der Waals surface area contributed by atoms with Crippen LogP contribution < -0.4 is 0 Å². The van der Waals surface area contributed by atoms with Crippen LogP contribution in [0.1, 0.15) is 15.9 Å². The van der Waals surface area contributed by atoms with Crippen LogP contribution in [-0.2, 0) is 0 Å². The minimum Gasteiger partial charge on any atom is -0.298 e. The highest BCUT2D eigenvalue weighted by Crippen LogP contribution is 2.18. The molecule has 0 saturated carbocycles. The lowest BCUT2D eigenvalue weighted by Crippen LogP contribution is -1.94. The van der Waals surface area contributed by atoms with Gasteiger partial charge in [-0.2, -0.15) is 0 Å². The second-order valence-electron chi connectivity index (χ2n) is 4.27. The number of hydrogen-bond acceptors (Lipinski definition) is 3. The summed E-state index contributed by atoms with van der Waals surface area (Å²) in [7, 11) is 0. The lowest BCUT2D eigenvalue weighted by molar-refractivity contribution is 0.112. The van der Waals surface area contributed by atoms with Crippen molar-refractivity contribution in [1.29, 1.82) is 0 Å². The van der Waals surface area contributed by atoms with E-state index in [1.54, 1.807) is 28.9 Å². The Morgan fingerprint density at radius 1 is 1.26 bits per heavy atom. The molecule has 0 saturated heterocycles. The Labute approximate surface area is 108 Å². The summed E-state index contributed by atoms with van der Waals surface area (Å²) in [5, 5.41) is 4.29. The van der Waals surface area contributed by atoms with Crippen LogP contribution in [0.25, 0.3) is 17.0 Å². The molecule has 0 N–H and O–H groups in total. The molecule has 2 aromatic heterocycles. The summed E-state index contributed by atoms with van der Waals surface area (Å²) < 4.78 is 14.4. The van der Waals surface area contributed by atoms with Gasteiger partial charge in [0.1, 0.15) is 5.82 Å². The quantitative estimate of drug-likeness (QED) is 0.661. The van der Waals surface area contributed by atoms with E-state index in [0.29, 0.717) is 17.0 Å². The molecule has 0 bridgehead atoms. The maximum Gasteiger partial charge on any atom is 0.182 e. The number of benzene rings is 1. The van der Waals surface area contributed by atoms with Crippen molar-refractivity contribution < 1.29 is 9.18 Å². The van der Waals surface area contributed by atoms with Gasteiger partial charge in [-0.3, -0.25) is 4.79 Å². The van der Waals surface area contributed by atoms with Crippen molar-refractivity contribution in [3.63, 3.8) is 0 Å². The Morgan fingerprint density at radius 2 is 2.00 bits per heavy atom. The molecule has 94 valence electrons. The van der Waals surface area contributed by atoms with Gasteiger partial charge in [-0.15, -0.1) is 5.10 Å². The molecule has 4 nitrogen and oxygen atoms in total. The van der Waals surface area contributed by atoms with E-state index in [2.05, 4.69) is 10.1 Å². The number of halogens is 1. The summed E-state index contributed by atoms with van der Waals surface area (Å²) >= 11 is 0. The van der Waals surface area contributed by atoms with Gasteiger partial charge in [0.25, 0.3) is 0 Å². The first-order valence-corrected chi connectivity index (χ1v) is 5.75. The molecule has 5 heteroatoms. The van der Waals surface area contributed by atoms with Gasteiger partial charge in [0.2, 0.25) is 0 Å². The van der Waals surface area contributed by atoms with E-state index in [-0.39, 0.29) is 5.82 Å². The monoisotopic (exact) mass is 255 g/mol. The number of nitrogens with zero attached hydrogens (tertiary/aromatic N) is 3. The molecule has 1 aromatic carbocycles. The molecule has 3 aromatic rings. The zero-order valence-electron chi connectivity index (χ0n) is 10.2. The van der Waals surface area contributed by atoms with Crippen molar-refractivity contribution in [3.8, 4) is 11.4 Å². The van der Waals surface area contributed by atoms with E-state index >= 15 is 0 Å². The molecule has 0 aliphatic rings. The SMILES string of the molecule is Cc1cc2nc(-c3ccc(F)cc3)nn2cc1C=O. The normalized spacial score (nSPS) is 10.8. The van der Waals surface area contributed by atoms with E-state index in [9.17, 15) is 9.18 Å². The van der Waals surface area contributed by atoms with Crippen molar-refractivity contribution in [2.45, 2.75) is 6.92 Å². The average Bonchev–Trinajstić information content (AvgIpc) is 2.81. The number of carbonyl (C=O) groups is 1. The largest absolute Gasteiger partial charge is 0.298 e. The van der Waals surface area contributed by atoms with Crippen LogP contribution in [0.2, 0.25) is 0 Å². The fraction of sp³-hybridized carbons (Fsp3) is 0.0714. The number of pyridine rings is 1. The predicted octanol–water partition coefficient (Wildman–Crippen LogP) is 2.66. The summed E-state index contributed by atoms with van der Waals surface area (Å²) in [5.41, 5.74) is 2.81. The van der Waals surface area contributed by atoms with Crippen LogP contribution in [0, 0.1) is 12.7 Å². The molecule has 0 aliphatic carbocycles. The van der Waals surface area contributed by atoms with Crippen LogP contribution in [0.3, 0.4) is 0 Å². The third-order valence-corrected chi connectivity index (χ3v) is 2.95. The highest BCUT2D eigenvalue weighted by Gasteiger charge is 2.08. The van der Waals surface area contributed by atoms with Gasteiger partial charge in [-0.05, 0) is 42.8 Å². The molecule has 0 amide bonds. The van der Waals surface area contributed by atoms with E-state index in [4.69, 9.17) is 0 Å². The maximum atomic E-state index is 12.9. The van der Waals surface area contributed by atoms with Gasteiger partial charge in [0.15, 0.2) is 17.8 Å². The van der Waals surface area contributed by atoms with E-state index in [0.717, 1.165) is 17.4 Å². The van der Waals surface area contributed by atoms with Gasteiger partial charge in [-0.25, -0.2) is 13.9 Å². The number of hydrogen-bond donors (Lipinski definition) is 0. The first kappa shape index (κ1) is 11.5. The number of aryl methyl sites for hydroxylation is 1. The smallest absolute Gasteiger partial charge is 0.182 e. The Hall–Kier alpha value is -2.56. The zero-order valence-corrected chi connectivity index (χ0v) is 10.2. The summed E-state index contributed by atoms with van der Waals surface area (Å²) in [4.78, 5) is 15.2. The standard InChI is InChI=1S/C14H10FN3O/c1-9-6-13-16-14(10-2-4-12(15)5-3-10)17-18(13)7-11(9)8-19/h2-8H,1H3. The highest BCUT2D eigenvalue weighted by molar-refractivity contribution is 5.77. The van der Waals surface area contributed by atoms with Crippen LogP contribution in [0.15, 0.2) is 36.5 Å². The predicted molar refractivity (Wildman–Crippen MR) is 68.5 cm³/mol. The van der Waals surface area contributed by atoms with Gasteiger partial charge < -0.3 is 0 Å². The Kier molecular flexibility index (Phi) is 2.59. The number of aromatic nitrogens is 3. The van der Waals surface area contributed by atoms with Crippen molar-refractivity contribution >= 4 is 11.9 Å². The molecule has 0 aliphatic heterocycles. The van der Waals surface area contributed by atoms with Crippen LogP contribution in [0.5, 0.6) is 0 Å². The molecule has 0 radical (unpaired) electrons. The number of aldehydes is 1. The third kappa shape index (κ3) is 1.99. The molecule has 3 rings (SSSR count). The van der Waals surface area contributed by atoms with E-state index in [1.165, 1.54) is 12.1 Å². The fourth-order valence-electron chi connectivity index (χ4n) is 1.88. The summed E-state index contributed by atoms with van der Waals surface area (Å²) in [6.45, 7) is 1.84. The van der Waals surface area contributed by atoms with Crippen molar-refractivity contribution in [2.75, 3.05) is 0 Å². The molecule has 0 unspecified atom stereocenters. The minimum absolute atomic E-state index is 0.299. The number of rotatable bonds is 2. The number of fused-ring (bicyclic) bond motifs is 1. The van der Waals surface area contributed by atoms with Crippen molar-refractivity contribution in [3.05, 3.63) is 53.5 Å². The van der Waals surface area contributed by atoms with E-state index in [1.807, 2.05) is 6.92 Å². The minimum atomic E-state index is -0.299. The van der Waals surface area contributed by atoms with Crippen LogP contribution >= 0.6 is 0 Å². The van der Waals surface area contributed by atoms with Gasteiger partial charge in [0, 0.05) is 17.3 Å². The Bertz CT molecular complexity index is 762. The summed E-state index contributed by atoms with van der Waals surface area (Å²) in [6, 6.07) is 7.77. The molecule has 2 heterocycles. The second-order valence-corrected chi connectivity index (χ2v) is 4.27. The lowest BCUT2D eigenvalue weighted by atomic mass is 10.2. The summed E-state index contributed by atoms with van der Waals surface area (Å²) in [5.74, 6) is 0.203. The topological polar surface area (TPSA) is 47.3 Å². The van der Waals surface area contributed by atoms with Crippen LogP contribution in [0.4, 0.5) is 4.39 Å². The summed E-state index contributed by atoms with van der Waals surface area (Å²) in [6.07, 6.45) is 2.42. The fourth-order valence-corrected chi connectivity index (χ4v) is 1.88. The van der Waals surface area contributed by atoms with Crippen molar-refractivity contribution in [2.24, 2.45) is 0 Å². The van der Waals surface area contributed by atoms with Gasteiger partial charge in [-0.1, -0.05) is 0 Å². The molecule has 0 fully saturated rings. The molecule has 0 atom stereocenters. The third-order valence-electron chi connectivity index (χ3n) is 2.95. The maximum absolute atomic E-state index is 12.9. The van der Waals surface area contributed by atoms with Gasteiger partial charge in [0.05, 0.1) is 0 Å². The Morgan fingerprint density at radius 3 is 2.68 bits per heavy atom.